The molecule has 1 atom stereocenters. The van der Waals surface area contributed by atoms with Gasteiger partial charge in [0.2, 0.25) is 5.91 Å². The number of aromatic hydroxyl groups is 1. The number of benzene rings is 1. The first-order valence-corrected chi connectivity index (χ1v) is 10.4. The molecule has 158 valence electrons. The Morgan fingerprint density at radius 3 is 2.63 bits per heavy atom. The molecule has 0 bridgehead atoms. The van der Waals surface area contributed by atoms with Gasteiger partial charge in [0.15, 0.2) is 0 Å². The van der Waals surface area contributed by atoms with E-state index in [2.05, 4.69) is 4.98 Å². The third-order valence-corrected chi connectivity index (χ3v) is 6.26. The number of likely N-dealkylation sites (tertiary alicyclic amines) is 2. The molecular weight excluding hydrogens is 382 g/mol. The van der Waals surface area contributed by atoms with Crippen molar-refractivity contribution in [3.63, 3.8) is 0 Å². The van der Waals surface area contributed by atoms with Crippen LogP contribution in [-0.4, -0.2) is 69.1 Å². The molecule has 0 saturated carbocycles. The number of piperidine rings is 2. The number of carbonyl (C=O) groups excluding carboxylic acids is 2. The maximum Gasteiger partial charge on any atom is 0.255 e. The van der Waals surface area contributed by atoms with Crippen LogP contribution in [0.25, 0.3) is 0 Å². The van der Waals surface area contributed by atoms with Gasteiger partial charge in [-0.2, -0.15) is 0 Å². The minimum atomic E-state index is -0.561. The number of hydrogen-bond donors (Lipinski definition) is 2. The SMILES string of the molecule is O=C(Cc1cccc(O)c1)N1CCC2(CC1)CC(O)CN(C(=O)c1cccnc1)C2. The van der Waals surface area contributed by atoms with Gasteiger partial charge >= 0.3 is 0 Å². The summed E-state index contributed by atoms with van der Waals surface area (Å²) >= 11 is 0. The molecule has 2 N–H and O–H groups in total. The number of nitrogens with zero attached hydrogens (tertiary/aromatic N) is 3. The van der Waals surface area contributed by atoms with Gasteiger partial charge < -0.3 is 20.0 Å². The van der Waals surface area contributed by atoms with Crippen LogP contribution in [0.5, 0.6) is 5.75 Å². The van der Waals surface area contributed by atoms with Crippen molar-refractivity contribution >= 4 is 11.8 Å². The first-order valence-electron chi connectivity index (χ1n) is 10.4. The van der Waals surface area contributed by atoms with Crippen LogP contribution in [0.1, 0.15) is 35.2 Å². The lowest BCUT2D eigenvalue weighted by Gasteiger charge is -2.49. The van der Waals surface area contributed by atoms with Gasteiger partial charge in [-0.1, -0.05) is 12.1 Å². The van der Waals surface area contributed by atoms with Crippen LogP contribution in [0, 0.1) is 5.41 Å². The topological polar surface area (TPSA) is 94.0 Å². The molecule has 7 nitrogen and oxygen atoms in total. The molecule has 2 aliphatic rings. The molecule has 2 fully saturated rings. The second-order valence-corrected chi connectivity index (χ2v) is 8.51. The van der Waals surface area contributed by atoms with E-state index in [4.69, 9.17) is 0 Å². The summed E-state index contributed by atoms with van der Waals surface area (Å²) in [7, 11) is 0. The van der Waals surface area contributed by atoms with Gasteiger partial charge in [0.05, 0.1) is 18.1 Å². The number of pyridine rings is 1. The van der Waals surface area contributed by atoms with E-state index in [-0.39, 0.29) is 29.4 Å². The lowest BCUT2D eigenvalue weighted by molar-refractivity contribution is -0.134. The van der Waals surface area contributed by atoms with Crippen LogP contribution in [0.3, 0.4) is 0 Å². The van der Waals surface area contributed by atoms with Gasteiger partial charge in [-0.3, -0.25) is 14.6 Å². The molecule has 7 heteroatoms. The van der Waals surface area contributed by atoms with Gasteiger partial charge in [-0.25, -0.2) is 0 Å². The quantitative estimate of drug-likeness (QED) is 0.807. The Hall–Kier alpha value is -2.93. The maximum absolute atomic E-state index is 12.9. The van der Waals surface area contributed by atoms with Crippen molar-refractivity contribution in [3.8, 4) is 5.75 Å². The Bertz CT molecular complexity index is 910. The molecule has 1 unspecified atom stereocenters. The Morgan fingerprint density at radius 1 is 1.13 bits per heavy atom. The van der Waals surface area contributed by atoms with E-state index >= 15 is 0 Å². The summed E-state index contributed by atoms with van der Waals surface area (Å²) in [5.41, 5.74) is 1.15. The summed E-state index contributed by atoms with van der Waals surface area (Å²) in [4.78, 5) is 33.2. The Labute approximate surface area is 176 Å². The van der Waals surface area contributed by atoms with E-state index in [1.54, 1.807) is 47.6 Å². The van der Waals surface area contributed by atoms with Crippen molar-refractivity contribution in [3.05, 3.63) is 59.9 Å². The molecule has 0 radical (unpaired) electrons. The number of aromatic nitrogens is 1. The number of aliphatic hydroxyl groups excluding tert-OH is 1. The Morgan fingerprint density at radius 2 is 1.93 bits per heavy atom. The van der Waals surface area contributed by atoms with Gasteiger partial charge in [0, 0.05) is 38.6 Å². The third kappa shape index (κ3) is 4.46. The highest BCUT2D eigenvalue weighted by atomic mass is 16.3. The highest BCUT2D eigenvalue weighted by Gasteiger charge is 2.43. The van der Waals surface area contributed by atoms with E-state index in [0.29, 0.717) is 38.2 Å². The molecule has 3 heterocycles. The van der Waals surface area contributed by atoms with Gasteiger partial charge in [-0.15, -0.1) is 0 Å². The molecule has 2 aromatic rings. The van der Waals surface area contributed by atoms with Gasteiger partial charge in [0.25, 0.3) is 5.91 Å². The summed E-state index contributed by atoms with van der Waals surface area (Å²) in [5, 5.41) is 20.1. The highest BCUT2D eigenvalue weighted by Crippen LogP contribution is 2.40. The minimum absolute atomic E-state index is 0.0371. The minimum Gasteiger partial charge on any atom is -0.508 e. The molecule has 0 aliphatic carbocycles. The summed E-state index contributed by atoms with van der Waals surface area (Å²) in [6.45, 7) is 2.14. The fourth-order valence-corrected chi connectivity index (χ4v) is 4.72. The second-order valence-electron chi connectivity index (χ2n) is 8.51. The fourth-order valence-electron chi connectivity index (χ4n) is 4.72. The number of aliphatic hydroxyl groups is 1. The van der Waals surface area contributed by atoms with Crippen LogP contribution in [0.2, 0.25) is 0 Å². The van der Waals surface area contributed by atoms with Gasteiger partial charge in [0.1, 0.15) is 5.75 Å². The van der Waals surface area contributed by atoms with Crippen LogP contribution in [0.4, 0.5) is 0 Å². The zero-order valence-corrected chi connectivity index (χ0v) is 16.9. The molecule has 30 heavy (non-hydrogen) atoms. The summed E-state index contributed by atoms with van der Waals surface area (Å²) < 4.78 is 0. The number of carbonyl (C=O) groups is 2. The zero-order valence-electron chi connectivity index (χ0n) is 16.9. The summed E-state index contributed by atoms with van der Waals surface area (Å²) in [6, 6.07) is 10.3. The van der Waals surface area contributed by atoms with Crippen molar-refractivity contribution in [1.82, 2.24) is 14.8 Å². The number of rotatable bonds is 3. The molecule has 2 aliphatic heterocycles. The molecule has 1 aromatic carbocycles. The van der Waals surface area contributed by atoms with Crippen LogP contribution in [0.15, 0.2) is 48.8 Å². The van der Waals surface area contributed by atoms with E-state index < -0.39 is 6.10 Å². The van der Waals surface area contributed by atoms with Crippen molar-refractivity contribution in [2.45, 2.75) is 31.8 Å². The number of amides is 2. The normalized spacial score (nSPS) is 20.9. The maximum atomic E-state index is 12.9. The molecule has 1 spiro atoms. The van der Waals surface area contributed by atoms with Crippen molar-refractivity contribution in [2.75, 3.05) is 26.2 Å². The third-order valence-electron chi connectivity index (χ3n) is 6.26. The fraction of sp³-hybridized carbons (Fsp3) is 0.435. The molecule has 2 amide bonds. The van der Waals surface area contributed by atoms with Gasteiger partial charge in [-0.05, 0) is 54.5 Å². The first kappa shape index (κ1) is 20.3. The van der Waals surface area contributed by atoms with Crippen molar-refractivity contribution in [2.24, 2.45) is 5.41 Å². The second kappa shape index (κ2) is 8.44. The summed E-state index contributed by atoms with van der Waals surface area (Å²) in [6.07, 6.45) is 5.05. The largest absolute Gasteiger partial charge is 0.508 e. The molecule has 4 rings (SSSR count). The number of hydrogen-bond acceptors (Lipinski definition) is 5. The van der Waals surface area contributed by atoms with Crippen LogP contribution >= 0.6 is 0 Å². The Balaban J connectivity index is 1.39. The van der Waals surface area contributed by atoms with Crippen molar-refractivity contribution < 1.29 is 19.8 Å². The predicted molar refractivity (Wildman–Crippen MR) is 111 cm³/mol. The van der Waals surface area contributed by atoms with E-state index in [0.717, 1.165) is 18.4 Å². The zero-order chi connectivity index (χ0) is 21.1. The standard InChI is InChI=1S/C23H27N3O4/c27-19-5-1-3-17(11-19)12-21(29)25-9-6-23(7-10-25)13-20(28)15-26(16-23)22(30)18-4-2-8-24-14-18/h1-5,8,11,14,20,27-28H,6-7,9-10,12-13,15-16H2. The average molecular weight is 409 g/mol. The first-order chi connectivity index (χ1) is 14.4. The van der Waals surface area contributed by atoms with E-state index in [9.17, 15) is 19.8 Å². The molecular formula is C23H27N3O4. The smallest absolute Gasteiger partial charge is 0.255 e. The average Bonchev–Trinajstić information content (AvgIpc) is 2.74. The number of β-amino-alcohol motifs (C(OH)–C–C–N with tert-alkyl or cyclic N) is 1. The Kier molecular flexibility index (Phi) is 5.72. The number of phenols is 1. The highest BCUT2D eigenvalue weighted by molar-refractivity contribution is 5.94. The monoisotopic (exact) mass is 409 g/mol. The van der Waals surface area contributed by atoms with E-state index in [1.165, 1.54) is 0 Å². The van der Waals surface area contributed by atoms with Crippen molar-refractivity contribution in [1.29, 1.82) is 0 Å². The lowest BCUT2D eigenvalue weighted by Crippen LogP contribution is -2.56. The summed E-state index contributed by atoms with van der Waals surface area (Å²) in [5.74, 6) is 0.0891. The predicted octanol–water partition coefficient (Wildman–Crippen LogP) is 1.85. The lowest BCUT2D eigenvalue weighted by atomic mass is 9.71. The number of phenolic OH excluding ortho intramolecular Hbond substituents is 1. The van der Waals surface area contributed by atoms with Crippen LogP contribution < -0.4 is 0 Å². The molecule has 2 saturated heterocycles. The van der Waals surface area contributed by atoms with E-state index in [1.807, 2.05) is 11.0 Å². The molecule has 1 aromatic heterocycles. The van der Waals surface area contributed by atoms with Crippen LogP contribution in [-0.2, 0) is 11.2 Å².